The van der Waals surface area contributed by atoms with E-state index < -0.39 is 11.9 Å². The highest BCUT2D eigenvalue weighted by atomic mass is 16.5. The first-order valence-corrected chi connectivity index (χ1v) is 20.1. The van der Waals surface area contributed by atoms with Gasteiger partial charge < -0.3 is 28.5 Å². The van der Waals surface area contributed by atoms with Crippen molar-refractivity contribution in [1.82, 2.24) is 9.97 Å². The predicted molar refractivity (Wildman–Crippen MR) is 227 cm³/mol. The molecule has 59 heavy (non-hydrogen) atoms. The van der Waals surface area contributed by atoms with Gasteiger partial charge in [0.2, 0.25) is 11.8 Å². The number of hydrogen-bond acceptors (Lipinski definition) is 8. The highest BCUT2D eigenvalue weighted by molar-refractivity contribution is 5.72. The van der Waals surface area contributed by atoms with Crippen LogP contribution < -0.4 is 9.47 Å². The number of rotatable bonds is 14. The molecule has 0 saturated carbocycles. The Morgan fingerprint density at radius 2 is 1.03 bits per heavy atom. The maximum atomic E-state index is 11.3. The van der Waals surface area contributed by atoms with E-state index in [-0.39, 0.29) is 31.1 Å². The number of carbonyl (C=O) groups is 2. The summed E-state index contributed by atoms with van der Waals surface area (Å²) in [6, 6.07) is 31.8. The van der Waals surface area contributed by atoms with E-state index in [2.05, 4.69) is 22.1 Å². The van der Waals surface area contributed by atoms with E-state index in [1.165, 1.54) is 11.1 Å². The smallest absolute Gasteiger partial charge is 0.306 e. The van der Waals surface area contributed by atoms with Gasteiger partial charge in [0, 0.05) is 24.0 Å². The number of aliphatic carboxylic acids is 2. The van der Waals surface area contributed by atoms with Crippen molar-refractivity contribution in [1.29, 1.82) is 0 Å². The fraction of sp³-hybridized carbons (Fsp3) is 0.347. The minimum Gasteiger partial charge on any atom is -0.493 e. The first-order valence-electron chi connectivity index (χ1n) is 20.1. The van der Waals surface area contributed by atoms with Gasteiger partial charge in [-0.15, -0.1) is 0 Å². The largest absolute Gasteiger partial charge is 0.493 e. The number of fused-ring (bicyclic) bond motifs is 2. The lowest BCUT2D eigenvalue weighted by Gasteiger charge is -2.16. The fourth-order valence-corrected chi connectivity index (χ4v) is 8.08. The molecule has 8 rings (SSSR count). The first-order chi connectivity index (χ1) is 28.0. The lowest BCUT2D eigenvalue weighted by molar-refractivity contribution is -0.142. The van der Waals surface area contributed by atoms with Gasteiger partial charge in [0.15, 0.2) is 0 Å². The molecule has 0 aliphatic heterocycles. The monoisotopic (exact) mass is 798 g/mol. The van der Waals surface area contributed by atoms with Crippen LogP contribution in [0.3, 0.4) is 0 Å². The van der Waals surface area contributed by atoms with E-state index in [0.29, 0.717) is 37.8 Å². The first kappa shape index (κ1) is 42.4. The Morgan fingerprint density at radius 1 is 0.644 bits per heavy atom. The van der Waals surface area contributed by atoms with Crippen LogP contribution in [0.4, 0.5) is 0 Å². The zero-order valence-electron chi connectivity index (χ0n) is 33.4. The summed E-state index contributed by atoms with van der Waals surface area (Å²) in [4.78, 5) is 31.9. The van der Waals surface area contributed by atoms with Crippen molar-refractivity contribution in [3.63, 3.8) is 0 Å². The summed E-state index contributed by atoms with van der Waals surface area (Å²) in [6.07, 6.45) is 4.89. The molecule has 10 heteroatoms. The number of ether oxygens (including phenoxy) is 2. The third-order valence-corrected chi connectivity index (χ3v) is 11.5. The molecule has 2 aliphatic carbocycles. The van der Waals surface area contributed by atoms with Gasteiger partial charge in [0.1, 0.15) is 23.0 Å². The maximum Gasteiger partial charge on any atom is 0.306 e. The minimum absolute atomic E-state index is 0. The standard InChI is InChI=1S/2C24H25NO4.CH4/c2*1-15(24(26)27)20-10-8-18-14-19(9-11-21(18)20)28-13-12-22-16(2)29-23(25-22)17-6-4-3-5-7-17;/h2*3-7,9,11,14-15,20H,8,10,12-13H2,1-2H3,(H,26,27);1H4/t2*15-,20-;/m10./s1. The Hall–Kier alpha value is -6.16. The van der Waals surface area contributed by atoms with Crippen molar-refractivity contribution >= 4 is 11.9 Å². The van der Waals surface area contributed by atoms with E-state index in [1.54, 1.807) is 13.8 Å². The van der Waals surface area contributed by atoms with Crippen molar-refractivity contribution in [3.05, 3.63) is 142 Å². The molecule has 0 amide bonds. The molecule has 4 aromatic carbocycles. The summed E-state index contributed by atoms with van der Waals surface area (Å²) < 4.78 is 23.5. The molecule has 0 radical (unpaired) electrons. The van der Waals surface area contributed by atoms with Crippen molar-refractivity contribution in [3.8, 4) is 34.4 Å². The van der Waals surface area contributed by atoms with E-state index in [0.717, 1.165) is 82.3 Å². The van der Waals surface area contributed by atoms with Crippen LogP contribution in [0.15, 0.2) is 106 Å². The van der Waals surface area contributed by atoms with Gasteiger partial charge in [0.05, 0.1) is 36.4 Å². The molecule has 10 nitrogen and oxygen atoms in total. The van der Waals surface area contributed by atoms with Crippen molar-refractivity contribution < 1.29 is 38.1 Å². The average molecular weight is 799 g/mol. The lowest BCUT2D eigenvalue weighted by atomic mass is 9.89. The van der Waals surface area contributed by atoms with Crippen LogP contribution in [-0.2, 0) is 35.3 Å². The summed E-state index contributed by atoms with van der Waals surface area (Å²) in [6.45, 7) is 8.44. The van der Waals surface area contributed by atoms with Gasteiger partial charge in [-0.2, -0.15) is 0 Å². The number of carboxylic acids is 2. The van der Waals surface area contributed by atoms with Gasteiger partial charge in [-0.1, -0.05) is 69.8 Å². The Balaban J connectivity index is 0.000000195. The summed E-state index contributed by atoms with van der Waals surface area (Å²) >= 11 is 0. The molecule has 0 spiro atoms. The molecule has 0 fully saturated rings. The van der Waals surface area contributed by atoms with Crippen LogP contribution in [0.1, 0.15) is 91.1 Å². The molecule has 0 saturated heterocycles. The average Bonchev–Trinajstić information content (AvgIpc) is 4.03. The normalized spacial score (nSPS) is 16.1. The van der Waals surface area contributed by atoms with Crippen LogP contribution in [0.25, 0.3) is 22.9 Å². The molecule has 308 valence electrons. The number of oxazole rings is 2. The molecule has 0 bridgehead atoms. The Morgan fingerprint density at radius 3 is 1.41 bits per heavy atom. The van der Waals surface area contributed by atoms with E-state index >= 15 is 0 Å². The summed E-state index contributed by atoms with van der Waals surface area (Å²) in [7, 11) is 0. The highest BCUT2D eigenvalue weighted by Crippen LogP contribution is 2.41. The number of benzene rings is 4. The quantitative estimate of drug-likeness (QED) is 0.109. The van der Waals surface area contributed by atoms with E-state index in [9.17, 15) is 19.8 Å². The number of hydrogen-bond donors (Lipinski definition) is 2. The zero-order valence-corrected chi connectivity index (χ0v) is 33.4. The van der Waals surface area contributed by atoms with Crippen molar-refractivity contribution in [2.75, 3.05) is 13.2 Å². The molecular weight excluding hydrogens is 745 g/mol. The van der Waals surface area contributed by atoms with Crippen LogP contribution in [0.5, 0.6) is 11.5 Å². The predicted octanol–water partition coefficient (Wildman–Crippen LogP) is 10.7. The summed E-state index contributed by atoms with van der Waals surface area (Å²) in [5.41, 5.74) is 8.42. The number of aromatic nitrogens is 2. The van der Waals surface area contributed by atoms with E-state index in [4.69, 9.17) is 18.3 Å². The van der Waals surface area contributed by atoms with Gasteiger partial charge in [-0.05, 0) is 122 Å². The second-order valence-corrected chi connectivity index (χ2v) is 15.2. The SMILES string of the molecule is C.Cc1oc(-c2ccccc2)nc1CCOc1ccc2c(c1)CC[C@@H]2[C@@H](C)C(=O)O.Cc1oc(-c2ccccc2)nc1CCOc1ccc2c(c1)CC[C@H]2[C@H](C)C(=O)O. The second kappa shape index (κ2) is 19.1. The fourth-order valence-electron chi connectivity index (χ4n) is 8.08. The minimum atomic E-state index is -0.735. The van der Waals surface area contributed by atoms with Crippen LogP contribution in [-0.4, -0.2) is 45.3 Å². The third-order valence-electron chi connectivity index (χ3n) is 11.5. The molecule has 4 atom stereocenters. The van der Waals surface area contributed by atoms with Gasteiger partial charge >= 0.3 is 11.9 Å². The Bertz CT molecular complexity index is 2180. The summed E-state index contributed by atoms with van der Waals surface area (Å²) in [5, 5.41) is 18.6. The third kappa shape index (κ3) is 9.94. The number of carboxylic acid groups (broad SMARTS) is 2. The van der Waals surface area contributed by atoms with Gasteiger partial charge in [-0.25, -0.2) is 9.97 Å². The molecule has 2 aromatic heterocycles. The topological polar surface area (TPSA) is 145 Å². The maximum absolute atomic E-state index is 11.3. The van der Waals surface area contributed by atoms with Crippen molar-refractivity contribution in [2.45, 2.75) is 85.5 Å². The number of aryl methyl sites for hydroxylation is 4. The van der Waals surface area contributed by atoms with E-state index in [1.807, 2.05) is 98.8 Å². The zero-order chi connectivity index (χ0) is 40.8. The van der Waals surface area contributed by atoms with Crippen LogP contribution in [0, 0.1) is 25.7 Å². The van der Waals surface area contributed by atoms with Gasteiger partial charge in [-0.3, -0.25) is 9.59 Å². The lowest BCUT2D eigenvalue weighted by Crippen LogP contribution is -2.17. The second-order valence-electron chi connectivity index (χ2n) is 15.2. The molecule has 2 heterocycles. The molecule has 2 N–H and O–H groups in total. The molecule has 0 unspecified atom stereocenters. The van der Waals surface area contributed by atoms with Crippen molar-refractivity contribution in [2.24, 2.45) is 11.8 Å². The highest BCUT2D eigenvalue weighted by Gasteiger charge is 2.32. The molecule has 2 aliphatic rings. The number of nitrogens with zero attached hydrogens (tertiary/aromatic N) is 2. The van der Waals surface area contributed by atoms with Crippen LogP contribution >= 0.6 is 0 Å². The Labute approximate surface area is 346 Å². The Kier molecular flexibility index (Phi) is 13.7. The van der Waals surface area contributed by atoms with Crippen LogP contribution in [0.2, 0.25) is 0 Å². The molecular formula is C49H54N2O8. The van der Waals surface area contributed by atoms with Gasteiger partial charge in [0.25, 0.3) is 0 Å². The summed E-state index contributed by atoms with van der Waals surface area (Å²) in [5.74, 6) is 2.50. The molecule has 6 aromatic rings.